The van der Waals surface area contributed by atoms with Gasteiger partial charge in [0.25, 0.3) is 0 Å². The Kier molecular flexibility index (Phi) is 5.30. The highest BCUT2D eigenvalue weighted by atomic mass is 32.1. The molecule has 2 heterocycles. The van der Waals surface area contributed by atoms with Crippen molar-refractivity contribution in [3.63, 3.8) is 0 Å². The minimum atomic E-state index is -1.93. The van der Waals surface area contributed by atoms with Crippen LogP contribution in [0.3, 0.4) is 0 Å². The minimum absolute atomic E-state index is 0.415. The lowest BCUT2D eigenvalue weighted by molar-refractivity contribution is -0.614. The van der Waals surface area contributed by atoms with E-state index in [1.54, 1.807) is 17.5 Å². The summed E-state index contributed by atoms with van der Waals surface area (Å²) in [7, 11) is -1.93. The lowest BCUT2D eigenvalue weighted by Gasteiger charge is -2.41. The van der Waals surface area contributed by atoms with Crippen LogP contribution < -0.4 is 4.73 Å². The van der Waals surface area contributed by atoms with Gasteiger partial charge in [-0.1, -0.05) is 41.5 Å². The van der Waals surface area contributed by atoms with E-state index >= 15 is 0 Å². The van der Waals surface area contributed by atoms with E-state index in [9.17, 15) is 5.21 Å². The number of aromatic nitrogens is 1. The molecule has 0 unspecified atom stereocenters. The smallest absolute Gasteiger partial charge is 0.218 e. The van der Waals surface area contributed by atoms with Crippen molar-refractivity contribution >= 4 is 29.7 Å². The van der Waals surface area contributed by atoms with Crippen LogP contribution >= 0.6 is 11.3 Å². The summed E-state index contributed by atoms with van der Waals surface area (Å²) < 4.78 is 8.65. The molecule has 0 aliphatic rings. The van der Waals surface area contributed by atoms with Crippen LogP contribution in [-0.4, -0.2) is 8.32 Å². The van der Waals surface area contributed by atoms with Gasteiger partial charge in [0.05, 0.1) is 5.39 Å². The first-order valence-electron chi connectivity index (χ1n) is 8.02. The van der Waals surface area contributed by atoms with E-state index in [1.165, 1.54) is 0 Å². The summed E-state index contributed by atoms with van der Waals surface area (Å²) >= 11 is 1.67. The van der Waals surface area contributed by atoms with Gasteiger partial charge < -0.3 is 9.63 Å². The molecule has 0 N–H and O–H groups in total. The van der Waals surface area contributed by atoms with Gasteiger partial charge in [-0.2, -0.15) is 4.73 Å². The summed E-state index contributed by atoms with van der Waals surface area (Å²) in [6.45, 7) is 14.0. The van der Waals surface area contributed by atoms with Gasteiger partial charge in [0.2, 0.25) is 14.0 Å². The van der Waals surface area contributed by atoms with Crippen molar-refractivity contribution in [1.82, 2.24) is 0 Å². The normalized spacial score (nSPS) is 13.0. The van der Waals surface area contributed by atoms with Crippen molar-refractivity contribution in [3.8, 4) is 0 Å². The van der Waals surface area contributed by atoms with Gasteiger partial charge in [0, 0.05) is 10.8 Å². The fourth-order valence-corrected chi connectivity index (χ4v) is 10.0. The Bertz CT molecular complexity index is 615. The van der Waals surface area contributed by atoms with Crippen LogP contribution in [-0.2, 0) is 11.0 Å². The van der Waals surface area contributed by atoms with Crippen LogP contribution in [0.4, 0.5) is 0 Å². The molecule has 0 saturated heterocycles. The topological polar surface area (TPSA) is 36.2 Å². The monoisotopic (exact) mass is 337 g/mol. The maximum absolute atomic E-state index is 12.2. The molecule has 2 rings (SSSR count). The number of pyridine rings is 1. The van der Waals surface area contributed by atoms with Crippen molar-refractivity contribution in [2.24, 2.45) is 0 Å². The number of rotatable bonds is 6. The second kappa shape index (κ2) is 6.68. The number of thiophene rings is 1. The molecule has 5 heteroatoms. The SMILES string of the molecule is CC(C)[Si](OCc1cc2sccc2c[n+]1[O-])(C(C)C)C(C)C. The second-order valence-electron chi connectivity index (χ2n) is 6.94. The zero-order chi connectivity index (χ0) is 16.5. The predicted molar refractivity (Wildman–Crippen MR) is 96.6 cm³/mol. The van der Waals surface area contributed by atoms with Crippen LogP contribution in [0.1, 0.15) is 47.2 Å². The zero-order valence-corrected chi connectivity index (χ0v) is 16.2. The summed E-state index contributed by atoms with van der Waals surface area (Å²) in [5.41, 5.74) is 2.29. The largest absolute Gasteiger partial charge is 0.618 e. The Labute approximate surface area is 138 Å². The van der Waals surface area contributed by atoms with Crippen LogP contribution in [0.15, 0.2) is 23.7 Å². The lowest BCUT2D eigenvalue weighted by Crippen LogP contribution is -2.48. The van der Waals surface area contributed by atoms with E-state index in [-0.39, 0.29) is 0 Å². The maximum atomic E-state index is 12.2. The van der Waals surface area contributed by atoms with Crippen LogP contribution in [0.2, 0.25) is 16.6 Å². The Morgan fingerprint density at radius 2 is 1.73 bits per heavy atom. The van der Waals surface area contributed by atoms with Crippen molar-refractivity contribution < 1.29 is 9.16 Å². The molecule has 0 atom stereocenters. The van der Waals surface area contributed by atoms with E-state index in [2.05, 4.69) is 41.5 Å². The van der Waals surface area contributed by atoms with Gasteiger partial charge in [0.15, 0.2) is 6.20 Å². The summed E-state index contributed by atoms with van der Waals surface area (Å²) in [5, 5.41) is 15.2. The molecule has 122 valence electrons. The van der Waals surface area contributed by atoms with Gasteiger partial charge in [-0.05, 0) is 28.1 Å². The van der Waals surface area contributed by atoms with Crippen LogP contribution in [0.5, 0.6) is 0 Å². The summed E-state index contributed by atoms with van der Waals surface area (Å²) in [4.78, 5) is 0. The molecule has 0 aliphatic heterocycles. The zero-order valence-electron chi connectivity index (χ0n) is 14.4. The molecule has 0 amide bonds. The summed E-state index contributed by atoms with van der Waals surface area (Å²) in [6, 6.07) is 3.96. The third-order valence-electron chi connectivity index (χ3n) is 4.74. The molecule has 0 aromatic carbocycles. The standard InChI is InChI=1S/C17H27NO2SSi/c1-12(2)22(13(3)4,14(5)6)20-11-16-9-17-15(7-8-21-17)10-18(16)19/h7-10,12-14H,11H2,1-6H3. The Morgan fingerprint density at radius 1 is 1.14 bits per heavy atom. The molecule has 22 heavy (non-hydrogen) atoms. The molecule has 0 aliphatic carbocycles. The first-order valence-corrected chi connectivity index (χ1v) is 11.0. The van der Waals surface area contributed by atoms with E-state index in [0.717, 1.165) is 14.8 Å². The number of hydrogen-bond donors (Lipinski definition) is 0. The number of hydrogen-bond acceptors (Lipinski definition) is 3. The van der Waals surface area contributed by atoms with Gasteiger partial charge in [-0.3, -0.25) is 0 Å². The third kappa shape index (κ3) is 3.07. The molecule has 2 aromatic rings. The fraction of sp³-hybridized carbons (Fsp3) is 0.588. The molecule has 0 fully saturated rings. The third-order valence-corrected chi connectivity index (χ3v) is 11.7. The van der Waals surface area contributed by atoms with Gasteiger partial charge in [-0.15, -0.1) is 11.3 Å². The average Bonchev–Trinajstić information content (AvgIpc) is 2.85. The van der Waals surface area contributed by atoms with Crippen molar-refractivity contribution in [3.05, 3.63) is 34.6 Å². The molecule has 2 aromatic heterocycles. The van der Waals surface area contributed by atoms with Gasteiger partial charge in [0.1, 0.15) is 6.61 Å². The van der Waals surface area contributed by atoms with Gasteiger partial charge >= 0.3 is 0 Å². The molecule has 3 nitrogen and oxygen atoms in total. The molecule has 0 saturated carbocycles. The lowest BCUT2D eigenvalue weighted by atomic mass is 10.3. The van der Waals surface area contributed by atoms with Crippen molar-refractivity contribution in [2.45, 2.75) is 64.8 Å². The number of nitrogens with zero attached hydrogens (tertiary/aromatic N) is 1. The fourth-order valence-electron chi connectivity index (χ4n) is 3.78. The summed E-state index contributed by atoms with van der Waals surface area (Å²) in [6.07, 6.45) is 1.66. The van der Waals surface area contributed by atoms with E-state index in [1.807, 2.05) is 17.5 Å². The molecule has 0 radical (unpaired) electrons. The minimum Gasteiger partial charge on any atom is -0.618 e. The highest BCUT2D eigenvalue weighted by Crippen LogP contribution is 2.42. The highest BCUT2D eigenvalue weighted by Gasteiger charge is 2.45. The van der Waals surface area contributed by atoms with E-state index < -0.39 is 8.32 Å². The maximum Gasteiger partial charge on any atom is 0.218 e. The Hall–Kier alpha value is -0.913. The molecular formula is C17H27NO2SSi. The predicted octanol–water partition coefficient (Wildman–Crippen LogP) is 5.23. The first kappa shape index (κ1) is 17.4. The first-order chi connectivity index (χ1) is 10.3. The van der Waals surface area contributed by atoms with Crippen LogP contribution in [0.25, 0.3) is 10.1 Å². The van der Waals surface area contributed by atoms with Crippen molar-refractivity contribution in [1.29, 1.82) is 0 Å². The average molecular weight is 338 g/mol. The number of fused-ring (bicyclic) bond motifs is 1. The molecule has 0 bridgehead atoms. The quantitative estimate of drug-likeness (QED) is 0.411. The Morgan fingerprint density at radius 3 is 2.27 bits per heavy atom. The molecular weight excluding hydrogens is 310 g/mol. The van der Waals surface area contributed by atoms with Crippen molar-refractivity contribution in [2.75, 3.05) is 0 Å². The second-order valence-corrected chi connectivity index (χ2v) is 13.3. The van der Waals surface area contributed by atoms with Crippen LogP contribution in [0, 0.1) is 5.21 Å². The highest BCUT2D eigenvalue weighted by molar-refractivity contribution is 7.17. The molecule has 0 spiro atoms. The van der Waals surface area contributed by atoms with Gasteiger partial charge in [-0.25, -0.2) is 0 Å². The van der Waals surface area contributed by atoms with E-state index in [4.69, 9.17) is 4.43 Å². The van der Waals surface area contributed by atoms with E-state index in [0.29, 0.717) is 28.9 Å². The Balaban J connectivity index is 2.29. The summed E-state index contributed by atoms with van der Waals surface area (Å²) in [5.74, 6) is 0.